The van der Waals surface area contributed by atoms with E-state index in [4.69, 9.17) is 10.2 Å². The predicted molar refractivity (Wildman–Crippen MR) is 54.1 cm³/mol. The van der Waals surface area contributed by atoms with Crippen molar-refractivity contribution in [2.45, 2.75) is 37.9 Å². The van der Waals surface area contributed by atoms with Gasteiger partial charge in [0.2, 0.25) is 0 Å². The van der Waals surface area contributed by atoms with Crippen LogP contribution in [0.25, 0.3) is 0 Å². The van der Waals surface area contributed by atoms with Crippen molar-refractivity contribution in [3.05, 3.63) is 0 Å². The Balaban J connectivity index is 2.05. The quantitative estimate of drug-likeness (QED) is 0.632. The number of hydrogen-bond acceptors (Lipinski definition) is 2. The molecular formula is C7H19NOSi2. The summed E-state index contributed by atoms with van der Waals surface area (Å²) in [5.41, 5.74) is 5.71. The Morgan fingerprint density at radius 3 is 3.09 bits per heavy atom. The average molecular weight is 189 g/mol. The Kier molecular flexibility index (Phi) is 4.36. The van der Waals surface area contributed by atoms with Gasteiger partial charge >= 0.3 is 0 Å². The molecular weight excluding hydrogens is 170 g/mol. The molecule has 0 aliphatic carbocycles. The van der Waals surface area contributed by atoms with Gasteiger partial charge in [-0.1, -0.05) is 12.1 Å². The highest BCUT2D eigenvalue weighted by Crippen LogP contribution is 2.11. The molecule has 11 heavy (non-hydrogen) atoms. The van der Waals surface area contributed by atoms with E-state index in [1.54, 1.807) is 6.04 Å². The molecule has 0 saturated carbocycles. The molecule has 0 bridgehead atoms. The molecule has 0 aromatic heterocycles. The summed E-state index contributed by atoms with van der Waals surface area (Å²) < 4.78 is 5.57. The summed E-state index contributed by atoms with van der Waals surface area (Å²) in [6.07, 6.45) is 2.58. The highest BCUT2D eigenvalue weighted by Gasteiger charge is 2.16. The van der Waals surface area contributed by atoms with Crippen LogP contribution in [0.4, 0.5) is 0 Å². The highest BCUT2D eigenvalue weighted by atomic mass is 29.2. The van der Waals surface area contributed by atoms with Crippen LogP contribution in [0.5, 0.6) is 0 Å². The van der Waals surface area contributed by atoms with Gasteiger partial charge in [0.1, 0.15) is 9.28 Å². The maximum Gasteiger partial charge on any atom is 0.147 e. The van der Waals surface area contributed by atoms with Gasteiger partial charge < -0.3 is 10.2 Å². The minimum Gasteiger partial charge on any atom is -0.428 e. The van der Waals surface area contributed by atoms with Crippen LogP contribution in [0.2, 0.25) is 12.1 Å². The normalized spacial score (nSPS) is 30.5. The van der Waals surface area contributed by atoms with Gasteiger partial charge in [0.15, 0.2) is 0 Å². The standard InChI is InChI=1S/C7H19NOSi2/c1-7(8)3-6-11-5-2-4-9-10-11/h7,11H,2-6,8,10H2,1H3. The van der Waals surface area contributed by atoms with Gasteiger partial charge in [0.25, 0.3) is 0 Å². The van der Waals surface area contributed by atoms with E-state index in [0.717, 1.165) is 6.61 Å². The third-order valence-corrected chi connectivity index (χ3v) is 10.2. The Labute approximate surface area is 72.8 Å². The predicted octanol–water partition coefficient (Wildman–Crippen LogP) is -0.0484. The van der Waals surface area contributed by atoms with E-state index in [9.17, 15) is 0 Å². The van der Waals surface area contributed by atoms with E-state index in [2.05, 4.69) is 6.92 Å². The summed E-state index contributed by atoms with van der Waals surface area (Å²) in [6, 6.07) is 3.40. The first-order valence-corrected chi connectivity index (χ1v) is 10.1. The van der Waals surface area contributed by atoms with E-state index in [1.165, 1.54) is 18.9 Å². The van der Waals surface area contributed by atoms with Crippen molar-refractivity contribution in [1.29, 1.82) is 0 Å². The lowest BCUT2D eigenvalue weighted by molar-refractivity contribution is 0.335. The molecule has 2 N–H and O–H groups in total. The summed E-state index contributed by atoms with van der Waals surface area (Å²) in [5, 5.41) is 0. The Morgan fingerprint density at radius 2 is 2.55 bits per heavy atom. The molecule has 1 heterocycles. The second-order valence-electron chi connectivity index (χ2n) is 3.64. The lowest BCUT2D eigenvalue weighted by atomic mass is 10.3. The molecule has 1 aliphatic rings. The van der Waals surface area contributed by atoms with Crippen LogP contribution >= 0.6 is 0 Å². The smallest absolute Gasteiger partial charge is 0.147 e. The van der Waals surface area contributed by atoms with Crippen molar-refractivity contribution in [2.24, 2.45) is 5.73 Å². The average Bonchev–Trinajstić information content (AvgIpc) is 2.03. The number of rotatable bonds is 3. The minimum absolute atomic E-state index is 0.0372. The summed E-state index contributed by atoms with van der Waals surface area (Å²) in [4.78, 5) is 0. The highest BCUT2D eigenvalue weighted by molar-refractivity contribution is 7.10. The SMILES string of the molecule is CC(N)CC[SiH]1CCCO[SiH2]1. The van der Waals surface area contributed by atoms with Crippen LogP contribution in [0.15, 0.2) is 0 Å². The number of nitrogens with two attached hydrogens (primary N) is 1. The first-order chi connectivity index (χ1) is 5.29. The fourth-order valence-electron chi connectivity index (χ4n) is 1.53. The van der Waals surface area contributed by atoms with Gasteiger partial charge in [-0.3, -0.25) is 0 Å². The minimum atomic E-state index is -0.346. The van der Waals surface area contributed by atoms with Crippen LogP contribution in [0, 0.1) is 0 Å². The van der Waals surface area contributed by atoms with E-state index >= 15 is 0 Å². The molecule has 1 rings (SSSR count). The molecule has 2 nitrogen and oxygen atoms in total. The van der Waals surface area contributed by atoms with E-state index in [0.29, 0.717) is 6.04 Å². The van der Waals surface area contributed by atoms with Crippen molar-refractivity contribution in [3.8, 4) is 0 Å². The zero-order chi connectivity index (χ0) is 8.10. The van der Waals surface area contributed by atoms with Crippen molar-refractivity contribution in [1.82, 2.24) is 0 Å². The van der Waals surface area contributed by atoms with Crippen molar-refractivity contribution < 1.29 is 4.43 Å². The summed E-state index contributed by atoms with van der Waals surface area (Å²) in [6.45, 7) is 3.17. The molecule has 0 aromatic rings. The number of hydrogen-bond donors (Lipinski definition) is 1. The maximum atomic E-state index is 5.71. The van der Waals surface area contributed by atoms with E-state index < -0.39 is 0 Å². The molecule has 1 fully saturated rings. The van der Waals surface area contributed by atoms with Crippen LogP contribution < -0.4 is 5.73 Å². The molecule has 2 atom stereocenters. The zero-order valence-corrected chi connectivity index (χ0v) is 9.95. The maximum absolute atomic E-state index is 5.71. The van der Waals surface area contributed by atoms with Gasteiger partial charge in [-0.2, -0.15) is 0 Å². The molecule has 2 unspecified atom stereocenters. The van der Waals surface area contributed by atoms with Crippen LogP contribution in [0.1, 0.15) is 19.8 Å². The van der Waals surface area contributed by atoms with Crippen molar-refractivity contribution in [2.75, 3.05) is 6.61 Å². The second-order valence-corrected chi connectivity index (χ2v) is 11.7. The summed E-state index contributed by atoms with van der Waals surface area (Å²) >= 11 is 0. The summed E-state index contributed by atoms with van der Waals surface area (Å²) in [5.74, 6) is 0. The topological polar surface area (TPSA) is 35.2 Å². The second kappa shape index (κ2) is 5.08. The summed E-state index contributed by atoms with van der Waals surface area (Å²) in [7, 11) is -0.383. The van der Waals surface area contributed by atoms with Gasteiger partial charge in [0, 0.05) is 12.6 Å². The molecule has 0 spiro atoms. The van der Waals surface area contributed by atoms with Crippen LogP contribution in [-0.4, -0.2) is 30.2 Å². The monoisotopic (exact) mass is 189 g/mol. The van der Waals surface area contributed by atoms with E-state index in [-0.39, 0.29) is 17.6 Å². The lowest BCUT2D eigenvalue weighted by Gasteiger charge is -2.20. The van der Waals surface area contributed by atoms with Gasteiger partial charge in [-0.05, 0) is 19.8 Å². The van der Waals surface area contributed by atoms with Gasteiger partial charge in [-0.25, -0.2) is 0 Å². The Hall–Kier alpha value is 0.354. The fourth-order valence-corrected chi connectivity index (χ4v) is 8.67. The Morgan fingerprint density at radius 1 is 1.73 bits per heavy atom. The van der Waals surface area contributed by atoms with Crippen molar-refractivity contribution in [3.63, 3.8) is 0 Å². The van der Waals surface area contributed by atoms with Gasteiger partial charge in [0.05, 0.1) is 8.31 Å². The third-order valence-electron chi connectivity index (χ3n) is 2.28. The first kappa shape index (κ1) is 9.44. The van der Waals surface area contributed by atoms with E-state index in [1.807, 2.05) is 0 Å². The third kappa shape index (κ3) is 4.05. The van der Waals surface area contributed by atoms with Crippen LogP contribution in [0.3, 0.4) is 0 Å². The molecule has 66 valence electrons. The Bertz CT molecular complexity index is 105. The molecule has 1 aliphatic heterocycles. The molecule has 0 radical (unpaired) electrons. The molecule has 0 aromatic carbocycles. The van der Waals surface area contributed by atoms with Crippen LogP contribution in [-0.2, 0) is 4.43 Å². The molecule has 0 amide bonds. The molecule has 1 saturated heterocycles. The van der Waals surface area contributed by atoms with Crippen molar-refractivity contribution >= 4 is 17.6 Å². The molecule has 4 heteroatoms. The fraction of sp³-hybridized carbons (Fsp3) is 1.00. The lowest BCUT2D eigenvalue weighted by Crippen LogP contribution is -2.31. The first-order valence-electron chi connectivity index (χ1n) is 4.62. The zero-order valence-electron chi connectivity index (χ0n) is 7.38. The van der Waals surface area contributed by atoms with Gasteiger partial charge in [-0.15, -0.1) is 0 Å². The largest absolute Gasteiger partial charge is 0.428 e.